The van der Waals surface area contributed by atoms with E-state index >= 15 is 0 Å². The normalized spacial score (nSPS) is 13.8. The molecule has 0 N–H and O–H groups in total. The summed E-state index contributed by atoms with van der Waals surface area (Å²) < 4.78 is 0. The summed E-state index contributed by atoms with van der Waals surface area (Å²) in [6.07, 6.45) is 30.7. The fraction of sp³-hybridized carbons (Fsp3) is 1.00. The molecule has 0 aliphatic rings. The van der Waals surface area contributed by atoms with Gasteiger partial charge in [-0.25, -0.2) is 0 Å². The largest absolute Gasteiger partial charge is 0.0654 e. The first kappa shape index (κ1) is 27.0. The third kappa shape index (κ3) is 19.1. The highest BCUT2D eigenvalue weighted by atomic mass is 14.1. The summed E-state index contributed by atoms with van der Waals surface area (Å²) in [5.74, 6) is 2.05. The van der Waals surface area contributed by atoms with Crippen LogP contribution >= 0.6 is 0 Å². The van der Waals surface area contributed by atoms with Crippen molar-refractivity contribution in [3.63, 3.8) is 0 Å². The molecular formula is C27H56. The van der Waals surface area contributed by atoms with Crippen molar-refractivity contribution in [2.45, 2.75) is 163 Å². The van der Waals surface area contributed by atoms with Gasteiger partial charge < -0.3 is 0 Å². The topological polar surface area (TPSA) is 0 Å². The van der Waals surface area contributed by atoms with E-state index in [0.29, 0.717) is 0 Å². The maximum atomic E-state index is 2.39. The van der Waals surface area contributed by atoms with Crippen LogP contribution in [0.1, 0.15) is 163 Å². The average molecular weight is 381 g/mol. The van der Waals surface area contributed by atoms with Crippen molar-refractivity contribution in [1.29, 1.82) is 0 Å². The highest BCUT2D eigenvalue weighted by Gasteiger charge is 2.07. The minimum atomic E-state index is 1.02. The van der Waals surface area contributed by atoms with E-state index in [4.69, 9.17) is 0 Å². The van der Waals surface area contributed by atoms with E-state index in [1.54, 1.807) is 0 Å². The molecule has 0 rings (SSSR count). The van der Waals surface area contributed by atoms with Crippen molar-refractivity contribution in [1.82, 2.24) is 0 Å². The Kier molecular flexibility index (Phi) is 22.3. The maximum Gasteiger partial charge on any atom is -0.0414 e. The van der Waals surface area contributed by atoms with Gasteiger partial charge in [0.05, 0.1) is 0 Å². The van der Waals surface area contributed by atoms with Crippen LogP contribution in [-0.2, 0) is 0 Å². The lowest BCUT2D eigenvalue weighted by atomic mass is 9.91. The minimum absolute atomic E-state index is 1.02. The summed E-state index contributed by atoms with van der Waals surface area (Å²) in [5, 5.41) is 0. The van der Waals surface area contributed by atoms with Gasteiger partial charge in [-0.15, -0.1) is 0 Å². The van der Waals surface area contributed by atoms with Gasteiger partial charge in [0.25, 0.3) is 0 Å². The Morgan fingerprint density at radius 1 is 0.333 bits per heavy atom. The van der Waals surface area contributed by atoms with Crippen LogP contribution in [-0.4, -0.2) is 0 Å². The van der Waals surface area contributed by atoms with Crippen LogP contribution in [0.3, 0.4) is 0 Å². The molecule has 0 aromatic heterocycles. The van der Waals surface area contributed by atoms with E-state index in [9.17, 15) is 0 Å². The van der Waals surface area contributed by atoms with Gasteiger partial charge in [0, 0.05) is 0 Å². The van der Waals surface area contributed by atoms with Crippen molar-refractivity contribution in [3.8, 4) is 0 Å². The summed E-state index contributed by atoms with van der Waals surface area (Å²) in [6, 6.07) is 0. The molecule has 0 fully saturated rings. The second-order valence-electron chi connectivity index (χ2n) is 9.33. The summed E-state index contributed by atoms with van der Waals surface area (Å²) in [4.78, 5) is 0. The zero-order valence-corrected chi connectivity index (χ0v) is 20.0. The van der Waals surface area contributed by atoms with Crippen molar-refractivity contribution in [3.05, 3.63) is 0 Å². The van der Waals surface area contributed by atoms with Gasteiger partial charge in [-0.05, 0) is 11.8 Å². The molecule has 0 spiro atoms. The Labute approximate surface area is 174 Å². The molecule has 0 saturated carbocycles. The third-order valence-electron chi connectivity index (χ3n) is 6.68. The van der Waals surface area contributed by atoms with Crippen LogP contribution < -0.4 is 0 Å². The third-order valence-corrected chi connectivity index (χ3v) is 6.68. The number of unbranched alkanes of at least 4 members (excludes halogenated alkanes) is 11. The first-order valence-electron chi connectivity index (χ1n) is 13.3. The highest BCUT2D eigenvalue weighted by Crippen LogP contribution is 2.23. The molecule has 0 radical (unpaired) electrons. The molecule has 0 aromatic rings. The van der Waals surface area contributed by atoms with Crippen LogP contribution in [0, 0.1) is 11.8 Å². The Morgan fingerprint density at radius 2 is 0.704 bits per heavy atom. The molecule has 2 atom stereocenters. The lowest BCUT2D eigenvalue weighted by Gasteiger charge is -2.15. The number of hydrogen-bond acceptors (Lipinski definition) is 0. The predicted octanol–water partition coefficient (Wildman–Crippen LogP) is 10.5. The van der Waals surface area contributed by atoms with E-state index in [2.05, 4.69) is 27.7 Å². The zero-order chi connectivity index (χ0) is 20.0. The SMILES string of the molecule is CCCCCC(CC)CCCCCCCCCCC(CCC)CCCCC. The number of rotatable bonds is 22. The highest BCUT2D eigenvalue weighted by molar-refractivity contribution is 4.61. The minimum Gasteiger partial charge on any atom is -0.0654 e. The van der Waals surface area contributed by atoms with E-state index < -0.39 is 0 Å². The van der Waals surface area contributed by atoms with Crippen LogP contribution in [0.4, 0.5) is 0 Å². The summed E-state index contributed by atoms with van der Waals surface area (Å²) in [6.45, 7) is 9.40. The Bertz CT molecular complexity index is 257. The Balaban J connectivity index is 3.44. The molecule has 0 saturated heterocycles. The lowest BCUT2D eigenvalue weighted by Crippen LogP contribution is -2.00. The maximum absolute atomic E-state index is 2.39. The quantitative estimate of drug-likeness (QED) is 0.164. The molecule has 0 aliphatic carbocycles. The summed E-state index contributed by atoms with van der Waals surface area (Å²) >= 11 is 0. The molecule has 0 heteroatoms. The van der Waals surface area contributed by atoms with Gasteiger partial charge in [0.2, 0.25) is 0 Å². The molecule has 0 aliphatic heterocycles. The van der Waals surface area contributed by atoms with Crippen molar-refractivity contribution >= 4 is 0 Å². The zero-order valence-electron chi connectivity index (χ0n) is 20.0. The fourth-order valence-corrected chi connectivity index (χ4v) is 4.69. The average Bonchev–Trinajstić information content (AvgIpc) is 2.68. The van der Waals surface area contributed by atoms with Crippen LogP contribution in [0.5, 0.6) is 0 Å². The molecule has 0 aromatic carbocycles. The van der Waals surface area contributed by atoms with Crippen molar-refractivity contribution in [2.75, 3.05) is 0 Å². The monoisotopic (exact) mass is 380 g/mol. The smallest absolute Gasteiger partial charge is 0.0414 e. The van der Waals surface area contributed by atoms with Crippen LogP contribution in [0.2, 0.25) is 0 Å². The Morgan fingerprint density at radius 3 is 1.07 bits per heavy atom. The van der Waals surface area contributed by atoms with Crippen molar-refractivity contribution < 1.29 is 0 Å². The molecule has 164 valence electrons. The lowest BCUT2D eigenvalue weighted by molar-refractivity contribution is 0.378. The molecule has 0 heterocycles. The van der Waals surface area contributed by atoms with E-state index in [0.717, 1.165) is 11.8 Å². The van der Waals surface area contributed by atoms with Crippen LogP contribution in [0.15, 0.2) is 0 Å². The molecule has 0 bridgehead atoms. The van der Waals surface area contributed by atoms with E-state index in [1.807, 2.05) is 0 Å². The van der Waals surface area contributed by atoms with Gasteiger partial charge in [0.1, 0.15) is 0 Å². The van der Waals surface area contributed by atoms with Gasteiger partial charge in [-0.1, -0.05) is 163 Å². The molecule has 2 unspecified atom stereocenters. The van der Waals surface area contributed by atoms with Gasteiger partial charge in [-0.3, -0.25) is 0 Å². The number of hydrogen-bond donors (Lipinski definition) is 0. The van der Waals surface area contributed by atoms with Gasteiger partial charge >= 0.3 is 0 Å². The van der Waals surface area contributed by atoms with Crippen LogP contribution in [0.25, 0.3) is 0 Å². The van der Waals surface area contributed by atoms with Gasteiger partial charge in [0.15, 0.2) is 0 Å². The fourth-order valence-electron chi connectivity index (χ4n) is 4.69. The summed E-state index contributed by atoms with van der Waals surface area (Å²) in [7, 11) is 0. The standard InChI is InChI=1S/C27H56/c1-5-9-17-22-26(8-4)23-19-15-13-11-12-14-16-20-25-27(21-7-3)24-18-10-6-2/h26-27H,5-25H2,1-4H3. The molecule has 0 amide bonds. The molecule has 27 heavy (non-hydrogen) atoms. The van der Waals surface area contributed by atoms with Gasteiger partial charge in [-0.2, -0.15) is 0 Å². The van der Waals surface area contributed by atoms with E-state index in [1.165, 1.54) is 135 Å². The summed E-state index contributed by atoms with van der Waals surface area (Å²) in [5.41, 5.74) is 0. The Hall–Kier alpha value is 0. The second kappa shape index (κ2) is 22.3. The predicted molar refractivity (Wildman–Crippen MR) is 127 cm³/mol. The molecule has 0 nitrogen and oxygen atoms in total. The van der Waals surface area contributed by atoms with E-state index in [-0.39, 0.29) is 0 Å². The van der Waals surface area contributed by atoms with Crippen molar-refractivity contribution in [2.24, 2.45) is 11.8 Å². The second-order valence-corrected chi connectivity index (χ2v) is 9.33. The first-order chi connectivity index (χ1) is 13.3. The molecular weight excluding hydrogens is 324 g/mol. The first-order valence-corrected chi connectivity index (χ1v) is 13.3.